The van der Waals surface area contributed by atoms with Crippen molar-refractivity contribution in [3.8, 4) is 5.69 Å². The van der Waals surface area contributed by atoms with Crippen LogP contribution < -0.4 is 5.32 Å². The van der Waals surface area contributed by atoms with Crippen LogP contribution in [0.5, 0.6) is 0 Å². The van der Waals surface area contributed by atoms with Crippen LogP contribution in [0.25, 0.3) is 5.69 Å². The molecule has 0 bridgehead atoms. The number of halogens is 1. The molecule has 3 aromatic rings. The Kier molecular flexibility index (Phi) is 5.87. The van der Waals surface area contributed by atoms with Crippen LogP contribution in [0.3, 0.4) is 0 Å². The Bertz CT molecular complexity index is 1070. The number of rotatable bonds is 6. The van der Waals surface area contributed by atoms with Crippen molar-refractivity contribution in [2.24, 2.45) is 0 Å². The number of hydrogen-bond donors (Lipinski definition) is 1. The summed E-state index contributed by atoms with van der Waals surface area (Å²) in [5, 5.41) is 11.0. The van der Waals surface area contributed by atoms with E-state index in [-0.39, 0.29) is 5.69 Å². The summed E-state index contributed by atoms with van der Waals surface area (Å²) in [6.07, 6.45) is 0.888. The van der Waals surface area contributed by atoms with Crippen LogP contribution in [0, 0.1) is 12.7 Å². The maximum Gasteiger partial charge on any atom is 0.278 e. The zero-order valence-electron chi connectivity index (χ0n) is 17.1. The van der Waals surface area contributed by atoms with Gasteiger partial charge in [0.15, 0.2) is 5.69 Å². The first kappa shape index (κ1) is 20.2. The summed E-state index contributed by atoms with van der Waals surface area (Å²) < 4.78 is 20.3. The lowest BCUT2D eigenvalue weighted by molar-refractivity contribution is 0.102. The zero-order chi connectivity index (χ0) is 21.1. The molecule has 0 saturated carbocycles. The Morgan fingerprint density at radius 3 is 2.90 bits per heavy atom. The van der Waals surface area contributed by atoms with E-state index in [0.717, 1.165) is 31.7 Å². The number of amides is 1. The van der Waals surface area contributed by atoms with E-state index in [0.29, 0.717) is 18.0 Å². The molecular weight excluding hydrogens is 385 g/mol. The van der Waals surface area contributed by atoms with Gasteiger partial charge < -0.3 is 10.1 Å². The van der Waals surface area contributed by atoms with E-state index in [4.69, 9.17) is 4.74 Å². The minimum atomic E-state index is -0.417. The van der Waals surface area contributed by atoms with Crippen molar-refractivity contribution in [1.29, 1.82) is 0 Å². The molecule has 2 aromatic carbocycles. The lowest BCUT2D eigenvalue weighted by Crippen LogP contribution is -2.33. The fraction of sp³-hybridized carbons (Fsp3) is 0.318. The molecule has 0 fully saturated rings. The minimum absolute atomic E-state index is 0.217. The fourth-order valence-corrected chi connectivity index (χ4v) is 3.78. The van der Waals surface area contributed by atoms with Crippen LogP contribution >= 0.6 is 0 Å². The van der Waals surface area contributed by atoms with Gasteiger partial charge in [-0.05, 0) is 48.7 Å². The second-order valence-corrected chi connectivity index (χ2v) is 7.33. The maximum atomic E-state index is 13.4. The van der Waals surface area contributed by atoms with E-state index in [2.05, 4.69) is 26.6 Å². The number of benzene rings is 2. The molecule has 0 unspecified atom stereocenters. The summed E-state index contributed by atoms with van der Waals surface area (Å²) >= 11 is 0. The molecule has 1 aromatic heterocycles. The summed E-state index contributed by atoms with van der Waals surface area (Å²) in [6, 6.07) is 11.9. The van der Waals surface area contributed by atoms with Crippen molar-refractivity contribution in [2.75, 3.05) is 32.1 Å². The Hall–Kier alpha value is -3.10. The van der Waals surface area contributed by atoms with Crippen LogP contribution in [-0.4, -0.2) is 52.6 Å². The molecule has 156 valence electrons. The summed E-state index contributed by atoms with van der Waals surface area (Å²) in [5.41, 5.74) is 4.64. The summed E-state index contributed by atoms with van der Waals surface area (Å²) in [7, 11) is 1.71. The topological polar surface area (TPSA) is 72.3 Å². The molecule has 1 amide bonds. The number of fused-ring (bicyclic) bond motifs is 1. The van der Waals surface area contributed by atoms with Crippen molar-refractivity contribution in [2.45, 2.75) is 19.9 Å². The molecular formula is C22H24FN5O2. The average Bonchev–Trinajstić information content (AvgIpc) is 3.13. The van der Waals surface area contributed by atoms with Gasteiger partial charge in [-0.2, -0.15) is 0 Å². The number of anilines is 1. The predicted octanol–water partition coefficient (Wildman–Crippen LogP) is 2.97. The lowest BCUT2D eigenvalue weighted by Gasteiger charge is -2.29. The van der Waals surface area contributed by atoms with Crippen molar-refractivity contribution >= 4 is 11.6 Å². The smallest absolute Gasteiger partial charge is 0.278 e. The molecule has 0 spiro atoms. The van der Waals surface area contributed by atoms with Gasteiger partial charge in [0.25, 0.3) is 5.91 Å². The fourth-order valence-electron chi connectivity index (χ4n) is 3.78. The number of nitrogens with one attached hydrogen (secondary N) is 1. The lowest BCUT2D eigenvalue weighted by atomic mass is 9.97. The van der Waals surface area contributed by atoms with Gasteiger partial charge in [-0.15, -0.1) is 5.10 Å². The first-order valence-corrected chi connectivity index (χ1v) is 9.88. The number of carbonyl (C=O) groups is 1. The Morgan fingerprint density at radius 2 is 2.10 bits per heavy atom. The van der Waals surface area contributed by atoms with Crippen LogP contribution in [0.15, 0.2) is 42.5 Å². The Labute approximate surface area is 174 Å². The van der Waals surface area contributed by atoms with E-state index in [1.165, 1.54) is 23.3 Å². The molecule has 1 N–H and O–H groups in total. The highest BCUT2D eigenvalue weighted by atomic mass is 19.1. The zero-order valence-corrected chi connectivity index (χ0v) is 17.1. The quantitative estimate of drug-likeness (QED) is 0.678. The molecule has 7 nitrogen and oxygen atoms in total. The van der Waals surface area contributed by atoms with Gasteiger partial charge in [0.1, 0.15) is 5.82 Å². The van der Waals surface area contributed by atoms with Gasteiger partial charge in [0, 0.05) is 32.4 Å². The highest BCUT2D eigenvalue weighted by Crippen LogP contribution is 2.26. The third-order valence-corrected chi connectivity index (χ3v) is 5.35. The second-order valence-electron chi connectivity index (χ2n) is 7.33. The van der Waals surface area contributed by atoms with Crippen LogP contribution in [0.2, 0.25) is 0 Å². The third-order valence-electron chi connectivity index (χ3n) is 5.35. The number of carbonyl (C=O) groups excluding carboxylic acids is 1. The molecule has 2 heterocycles. The van der Waals surface area contributed by atoms with E-state index in [1.54, 1.807) is 23.9 Å². The summed E-state index contributed by atoms with van der Waals surface area (Å²) in [4.78, 5) is 15.0. The van der Waals surface area contributed by atoms with Crippen molar-refractivity contribution in [3.05, 3.63) is 70.8 Å². The highest BCUT2D eigenvalue weighted by molar-refractivity contribution is 6.03. The molecule has 0 atom stereocenters. The molecule has 0 aliphatic carbocycles. The average molecular weight is 409 g/mol. The number of ether oxygens (including phenoxy) is 1. The van der Waals surface area contributed by atoms with Gasteiger partial charge in [-0.25, -0.2) is 9.07 Å². The van der Waals surface area contributed by atoms with Crippen LogP contribution in [0.1, 0.15) is 27.3 Å². The molecule has 30 heavy (non-hydrogen) atoms. The van der Waals surface area contributed by atoms with Crippen LogP contribution in [-0.2, 0) is 17.7 Å². The van der Waals surface area contributed by atoms with Gasteiger partial charge >= 0.3 is 0 Å². The predicted molar refractivity (Wildman–Crippen MR) is 111 cm³/mol. The van der Waals surface area contributed by atoms with E-state index in [9.17, 15) is 9.18 Å². The molecule has 0 radical (unpaired) electrons. The largest absolute Gasteiger partial charge is 0.383 e. The van der Waals surface area contributed by atoms with Gasteiger partial charge in [-0.3, -0.25) is 9.69 Å². The minimum Gasteiger partial charge on any atom is -0.383 e. The second kappa shape index (κ2) is 8.73. The van der Waals surface area contributed by atoms with Crippen molar-refractivity contribution in [3.63, 3.8) is 0 Å². The maximum absolute atomic E-state index is 13.4. The van der Waals surface area contributed by atoms with E-state index < -0.39 is 11.7 Å². The molecule has 0 saturated heterocycles. The van der Waals surface area contributed by atoms with E-state index >= 15 is 0 Å². The normalized spacial score (nSPS) is 13.8. The summed E-state index contributed by atoms with van der Waals surface area (Å²) in [5.74, 6) is -0.830. The van der Waals surface area contributed by atoms with Gasteiger partial charge in [0.05, 0.1) is 18.0 Å². The van der Waals surface area contributed by atoms with Crippen LogP contribution in [0.4, 0.5) is 10.1 Å². The van der Waals surface area contributed by atoms with Crippen molar-refractivity contribution in [1.82, 2.24) is 19.9 Å². The number of nitrogens with zero attached hydrogens (tertiary/aromatic N) is 4. The monoisotopic (exact) mass is 409 g/mol. The van der Waals surface area contributed by atoms with Gasteiger partial charge in [0.2, 0.25) is 0 Å². The standard InChI is InChI=1S/C22H24FN5O2/c1-15-21(22(29)24-18-7-4-6-17(23)13-18)25-26-28(15)20-8-3-5-16-14-27(11-12-30-2)10-9-19(16)20/h3-8,13H,9-12,14H2,1-2H3,(H,24,29). The number of aromatic nitrogens is 3. The number of hydrogen-bond acceptors (Lipinski definition) is 5. The first-order chi connectivity index (χ1) is 14.6. The third kappa shape index (κ3) is 4.10. The highest BCUT2D eigenvalue weighted by Gasteiger charge is 2.23. The molecule has 1 aliphatic heterocycles. The number of methoxy groups -OCH3 is 1. The van der Waals surface area contributed by atoms with E-state index in [1.807, 2.05) is 19.1 Å². The van der Waals surface area contributed by atoms with Gasteiger partial charge in [-0.1, -0.05) is 23.4 Å². The summed E-state index contributed by atoms with van der Waals surface area (Å²) in [6.45, 7) is 5.21. The molecule has 1 aliphatic rings. The molecule has 8 heteroatoms. The molecule has 4 rings (SSSR count). The van der Waals surface area contributed by atoms with Crippen molar-refractivity contribution < 1.29 is 13.9 Å². The SMILES string of the molecule is COCCN1CCc2c(cccc2-n2nnc(C(=O)Nc3cccc(F)c3)c2C)C1. The first-order valence-electron chi connectivity index (χ1n) is 9.88. The Morgan fingerprint density at radius 1 is 1.27 bits per heavy atom. The Balaban J connectivity index is 1.58.